The largest absolute Gasteiger partial charge is 0.356 e. The van der Waals surface area contributed by atoms with Gasteiger partial charge < -0.3 is 9.88 Å². The van der Waals surface area contributed by atoms with Crippen molar-refractivity contribution in [3.05, 3.63) is 69.1 Å². The molecule has 0 unspecified atom stereocenters. The summed E-state index contributed by atoms with van der Waals surface area (Å²) in [5.74, 6) is -0.0291. The fourth-order valence-electron chi connectivity index (χ4n) is 2.12. The average molecular weight is 319 g/mol. The van der Waals surface area contributed by atoms with Crippen LogP contribution in [0.15, 0.2) is 47.4 Å². The Morgan fingerprint density at radius 2 is 1.95 bits per heavy atom. The highest BCUT2D eigenvalue weighted by Crippen LogP contribution is 2.09. The fraction of sp³-hybridized carbons (Fsp3) is 0.294. The quantitative estimate of drug-likeness (QED) is 0.832. The van der Waals surface area contributed by atoms with Gasteiger partial charge in [0.2, 0.25) is 5.91 Å². The number of rotatable bonds is 6. The minimum atomic E-state index is -0.0291. The van der Waals surface area contributed by atoms with Crippen LogP contribution in [0, 0.1) is 6.92 Å². The molecule has 5 heteroatoms. The predicted octanol–water partition coefficient (Wildman–Crippen LogP) is 2.56. The Labute approximate surface area is 134 Å². The van der Waals surface area contributed by atoms with Crippen LogP contribution in [0.3, 0.4) is 0 Å². The van der Waals surface area contributed by atoms with Crippen molar-refractivity contribution in [3.63, 3.8) is 0 Å². The molecule has 0 aliphatic rings. The van der Waals surface area contributed by atoms with Crippen LogP contribution in [0.1, 0.15) is 17.5 Å². The van der Waals surface area contributed by atoms with Gasteiger partial charge in [-0.15, -0.1) is 0 Å². The van der Waals surface area contributed by atoms with Gasteiger partial charge in [0.1, 0.15) is 0 Å². The molecule has 0 saturated heterocycles. The number of nitrogens with one attached hydrogen (secondary N) is 1. The number of aromatic nitrogens is 1. The van der Waals surface area contributed by atoms with Crippen molar-refractivity contribution < 1.29 is 4.79 Å². The highest BCUT2D eigenvalue weighted by atomic mass is 35.5. The number of carbonyl (C=O) groups excluding carboxylic acids is 1. The maximum absolute atomic E-state index is 11.8. The molecule has 22 heavy (non-hydrogen) atoms. The normalized spacial score (nSPS) is 10.5. The van der Waals surface area contributed by atoms with Crippen LogP contribution in [-0.2, 0) is 17.8 Å². The van der Waals surface area contributed by atoms with Crippen molar-refractivity contribution in [2.45, 2.75) is 26.3 Å². The lowest BCUT2D eigenvalue weighted by atomic mass is 10.1. The van der Waals surface area contributed by atoms with Gasteiger partial charge in [-0.2, -0.15) is 0 Å². The molecule has 2 aromatic rings. The summed E-state index contributed by atoms with van der Waals surface area (Å²) >= 11 is 5.80. The van der Waals surface area contributed by atoms with E-state index in [1.165, 1.54) is 0 Å². The van der Waals surface area contributed by atoms with Crippen molar-refractivity contribution in [1.29, 1.82) is 0 Å². The number of nitrogens with zero attached hydrogens (tertiary/aromatic N) is 1. The van der Waals surface area contributed by atoms with Gasteiger partial charge in [-0.25, -0.2) is 0 Å². The molecule has 0 saturated carbocycles. The highest BCUT2D eigenvalue weighted by Gasteiger charge is 2.03. The Balaban J connectivity index is 1.73. The number of carbonyl (C=O) groups is 1. The molecule has 1 aromatic heterocycles. The minimum absolute atomic E-state index is 0.00695. The van der Waals surface area contributed by atoms with Crippen molar-refractivity contribution >= 4 is 17.5 Å². The minimum Gasteiger partial charge on any atom is -0.356 e. The summed E-state index contributed by atoms with van der Waals surface area (Å²) in [6.45, 7) is 3.04. The van der Waals surface area contributed by atoms with Crippen LogP contribution in [0.2, 0.25) is 5.02 Å². The first kappa shape index (κ1) is 16.3. The van der Waals surface area contributed by atoms with E-state index in [1.807, 2.05) is 25.1 Å². The third-order valence-electron chi connectivity index (χ3n) is 3.33. The fourth-order valence-corrected chi connectivity index (χ4v) is 2.24. The number of hydrogen-bond acceptors (Lipinski definition) is 2. The number of benzene rings is 1. The lowest BCUT2D eigenvalue weighted by molar-refractivity contribution is -0.120. The van der Waals surface area contributed by atoms with E-state index in [4.69, 9.17) is 11.6 Å². The molecule has 2 rings (SSSR count). The van der Waals surface area contributed by atoms with Crippen LogP contribution in [-0.4, -0.2) is 17.0 Å². The summed E-state index contributed by atoms with van der Waals surface area (Å²) in [5, 5.41) is 3.52. The molecule has 0 bridgehead atoms. The molecule has 0 atom stereocenters. The molecule has 0 aliphatic carbocycles. The number of hydrogen-bond donors (Lipinski definition) is 1. The lowest BCUT2D eigenvalue weighted by Crippen LogP contribution is -2.28. The van der Waals surface area contributed by atoms with Crippen LogP contribution >= 0.6 is 11.6 Å². The van der Waals surface area contributed by atoms with E-state index >= 15 is 0 Å². The second-order valence-electron chi connectivity index (χ2n) is 5.24. The Morgan fingerprint density at radius 1 is 1.23 bits per heavy atom. The molecule has 0 fully saturated rings. The van der Waals surface area contributed by atoms with E-state index in [9.17, 15) is 9.59 Å². The summed E-state index contributed by atoms with van der Waals surface area (Å²) in [5.41, 5.74) is 1.88. The van der Waals surface area contributed by atoms with E-state index in [0.29, 0.717) is 24.5 Å². The molecule has 1 aromatic carbocycles. The predicted molar refractivity (Wildman–Crippen MR) is 88.2 cm³/mol. The maximum atomic E-state index is 11.8. The van der Waals surface area contributed by atoms with Gasteiger partial charge in [-0.1, -0.05) is 23.7 Å². The van der Waals surface area contributed by atoms with Gasteiger partial charge in [-0.05, 0) is 42.7 Å². The number of amides is 1. The van der Waals surface area contributed by atoms with Crippen molar-refractivity contribution in [2.24, 2.45) is 0 Å². The SMILES string of the molecule is Cc1ccn(CCCNC(=O)Cc2ccc(Cl)cc2)c(=O)c1. The summed E-state index contributed by atoms with van der Waals surface area (Å²) in [4.78, 5) is 23.5. The van der Waals surface area contributed by atoms with E-state index in [-0.39, 0.29) is 11.5 Å². The molecule has 0 aliphatic heterocycles. The number of aryl methyl sites for hydroxylation is 2. The zero-order valence-electron chi connectivity index (χ0n) is 12.5. The van der Waals surface area contributed by atoms with Crippen LogP contribution in [0.4, 0.5) is 0 Å². The summed E-state index contributed by atoms with van der Waals surface area (Å²) in [6, 6.07) is 10.7. The number of pyridine rings is 1. The maximum Gasteiger partial charge on any atom is 0.250 e. The Hall–Kier alpha value is -2.07. The van der Waals surface area contributed by atoms with Gasteiger partial charge in [-0.3, -0.25) is 9.59 Å². The first-order valence-corrected chi connectivity index (χ1v) is 7.60. The van der Waals surface area contributed by atoms with E-state index in [2.05, 4.69) is 5.32 Å². The highest BCUT2D eigenvalue weighted by molar-refractivity contribution is 6.30. The molecule has 4 nitrogen and oxygen atoms in total. The summed E-state index contributed by atoms with van der Waals surface area (Å²) in [7, 11) is 0. The molecular weight excluding hydrogens is 300 g/mol. The molecule has 116 valence electrons. The molecular formula is C17H19ClN2O2. The number of halogens is 1. The molecule has 1 N–H and O–H groups in total. The summed E-state index contributed by atoms with van der Waals surface area (Å²) in [6.07, 6.45) is 2.84. The first-order valence-electron chi connectivity index (χ1n) is 7.23. The Morgan fingerprint density at radius 3 is 2.64 bits per heavy atom. The zero-order valence-corrected chi connectivity index (χ0v) is 13.3. The van der Waals surface area contributed by atoms with Gasteiger partial charge in [0.25, 0.3) is 5.56 Å². The van der Waals surface area contributed by atoms with Crippen LogP contribution < -0.4 is 10.9 Å². The zero-order chi connectivity index (χ0) is 15.9. The topological polar surface area (TPSA) is 51.1 Å². The third-order valence-corrected chi connectivity index (χ3v) is 3.58. The van der Waals surface area contributed by atoms with Crippen molar-refractivity contribution in [1.82, 2.24) is 9.88 Å². The van der Waals surface area contributed by atoms with Gasteiger partial charge in [0.05, 0.1) is 6.42 Å². The van der Waals surface area contributed by atoms with Gasteiger partial charge in [0, 0.05) is 30.4 Å². The second kappa shape index (κ2) is 7.80. The smallest absolute Gasteiger partial charge is 0.250 e. The van der Waals surface area contributed by atoms with Gasteiger partial charge >= 0.3 is 0 Å². The van der Waals surface area contributed by atoms with Gasteiger partial charge in [0.15, 0.2) is 0 Å². The summed E-state index contributed by atoms with van der Waals surface area (Å²) < 4.78 is 1.65. The standard InChI is InChI=1S/C17H19ClN2O2/c1-13-7-10-20(17(22)11-13)9-2-8-19-16(21)12-14-3-5-15(18)6-4-14/h3-7,10-11H,2,8-9,12H2,1H3,(H,19,21). The molecule has 1 heterocycles. The third kappa shape index (κ3) is 5.04. The van der Waals surface area contributed by atoms with E-state index in [0.717, 1.165) is 17.5 Å². The van der Waals surface area contributed by atoms with Crippen LogP contribution in [0.5, 0.6) is 0 Å². The first-order chi connectivity index (χ1) is 10.5. The van der Waals surface area contributed by atoms with Crippen LogP contribution in [0.25, 0.3) is 0 Å². The lowest BCUT2D eigenvalue weighted by Gasteiger charge is -2.07. The monoisotopic (exact) mass is 318 g/mol. The van der Waals surface area contributed by atoms with E-state index < -0.39 is 0 Å². The average Bonchev–Trinajstić information content (AvgIpc) is 2.48. The molecule has 1 amide bonds. The second-order valence-corrected chi connectivity index (χ2v) is 5.68. The Bertz CT molecular complexity index is 693. The molecule has 0 spiro atoms. The van der Waals surface area contributed by atoms with E-state index in [1.54, 1.807) is 29.0 Å². The Kier molecular flexibility index (Phi) is 5.78. The molecule has 0 radical (unpaired) electrons. The van der Waals surface area contributed by atoms with Crippen molar-refractivity contribution in [2.75, 3.05) is 6.54 Å². The van der Waals surface area contributed by atoms with Crippen molar-refractivity contribution in [3.8, 4) is 0 Å².